The molecular weight excluding hydrogens is 310 g/mol. The Labute approximate surface area is 139 Å². The zero-order valence-electron chi connectivity index (χ0n) is 13.3. The Hall–Kier alpha value is -3.15. The zero-order chi connectivity index (χ0) is 17.7. The molecule has 0 radical (unpaired) electrons. The topological polar surface area (TPSA) is 92.7 Å². The molecular formula is C18H17NO5. The van der Waals surface area contributed by atoms with Crippen molar-refractivity contribution in [1.29, 1.82) is 0 Å². The van der Waals surface area contributed by atoms with Gasteiger partial charge in [-0.1, -0.05) is 23.8 Å². The highest BCUT2D eigenvalue weighted by Gasteiger charge is 2.15. The largest absolute Gasteiger partial charge is 0.507 e. The number of aryl methyl sites for hydroxylation is 1. The average Bonchev–Trinajstić information content (AvgIpc) is 2.55. The molecule has 0 aliphatic rings. The molecule has 0 aliphatic carbocycles. The van der Waals surface area contributed by atoms with Crippen LogP contribution in [0.5, 0.6) is 5.75 Å². The van der Waals surface area contributed by atoms with Crippen LogP contribution in [-0.2, 0) is 9.53 Å². The van der Waals surface area contributed by atoms with Crippen LogP contribution >= 0.6 is 0 Å². The van der Waals surface area contributed by atoms with Crippen LogP contribution in [0.3, 0.4) is 0 Å². The molecule has 1 amide bonds. The van der Waals surface area contributed by atoms with Crippen molar-refractivity contribution in [3.05, 3.63) is 59.2 Å². The number of nitrogens with one attached hydrogen (secondary N) is 1. The highest BCUT2D eigenvalue weighted by molar-refractivity contribution is 5.98. The summed E-state index contributed by atoms with van der Waals surface area (Å²) in [6.45, 7) is 2.69. The maximum Gasteiger partial charge on any atom is 0.342 e. The van der Waals surface area contributed by atoms with Crippen molar-refractivity contribution in [2.45, 2.75) is 13.8 Å². The van der Waals surface area contributed by atoms with E-state index in [2.05, 4.69) is 5.32 Å². The minimum absolute atomic E-state index is 0.00128. The molecule has 2 N–H and O–H groups in total. The molecule has 0 spiro atoms. The quantitative estimate of drug-likeness (QED) is 0.650. The third-order valence-electron chi connectivity index (χ3n) is 3.26. The summed E-state index contributed by atoms with van der Waals surface area (Å²) < 4.78 is 4.90. The first kappa shape index (κ1) is 17.2. The Bertz CT molecular complexity index is 798. The van der Waals surface area contributed by atoms with Crippen LogP contribution in [0, 0.1) is 6.92 Å². The second-order valence-corrected chi connectivity index (χ2v) is 5.28. The van der Waals surface area contributed by atoms with Crippen molar-refractivity contribution < 1.29 is 24.2 Å². The molecule has 0 saturated carbocycles. The Morgan fingerprint density at radius 1 is 1.12 bits per heavy atom. The number of ketones is 1. The van der Waals surface area contributed by atoms with Gasteiger partial charge in [-0.3, -0.25) is 9.59 Å². The van der Waals surface area contributed by atoms with Gasteiger partial charge in [0, 0.05) is 11.3 Å². The molecule has 0 atom stereocenters. The lowest BCUT2D eigenvalue weighted by atomic mass is 10.1. The molecule has 2 aromatic carbocycles. The van der Waals surface area contributed by atoms with Crippen LogP contribution in [0.25, 0.3) is 0 Å². The fraction of sp³-hybridized carbons (Fsp3) is 0.167. The molecule has 6 heteroatoms. The Kier molecular flexibility index (Phi) is 5.31. The van der Waals surface area contributed by atoms with E-state index in [9.17, 15) is 19.5 Å². The number of phenols is 1. The van der Waals surface area contributed by atoms with E-state index >= 15 is 0 Å². The van der Waals surface area contributed by atoms with E-state index in [4.69, 9.17) is 4.74 Å². The van der Waals surface area contributed by atoms with Gasteiger partial charge in [-0.15, -0.1) is 0 Å². The van der Waals surface area contributed by atoms with Crippen LogP contribution in [0.4, 0.5) is 5.69 Å². The maximum absolute atomic E-state index is 11.9. The number of aromatic hydroxyl groups is 1. The van der Waals surface area contributed by atoms with Crippen LogP contribution in [0.2, 0.25) is 0 Å². The monoisotopic (exact) mass is 327 g/mol. The van der Waals surface area contributed by atoms with E-state index in [0.717, 1.165) is 5.56 Å². The van der Waals surface area contributed by atoms with Gasteiger partial charge in [0.2, 0.25) is 0 Å². The molecule has 2 rings (SSSR count). The lowest BCUT2D eigenvalue weighted by Gasteiger charge is -2.08. The van der Waals surface area contributed by atoms with Crippen LogP contribution in [0.1, 0.15) is 33.2 Å². The van der Waals surface area contributed by atoms with Gasteiger partial charge < -0.3 is 15.2 Å². The first-order valence-electron chi connectivity index (χ1n) is 7.24. The molecule has 2 aromatic rings. The average molecular weight is 327 g/mol. The first-order valence-corrected chi connectivity index (χ1v) is 7.24. The zero-order valence-corrected chi connectivity index (χ0v) is 13.3. The lowest BCUT2D eigenvalue weighted by Crippen LogP contribution is -2.21. The summed E-state index contributed by atoms with van der Waals surface area (Å²) in [6.07, 6.45) is 0. The van der Waals surface area contributed by atoms with Crippen LogP contribution in [-0.4, -0.2) is 29.4 Å². The van der Waals surface area contributed by atoms with Gasteiger partial charge in [0.05, 0.1) is 0 Å². The number of esters is 1. The second kappa shape index (κ2) is 7.41. The number of phenolic OH excluding ortho intramolecular Hbond substituents is 1. The Balaban J connectivity index is 1.96. The summed E-state index contributed by atoms with van der Waals surface area (Å²) in [5, 5.41) is 12.2. The van der Waals surface area contributed by atoms with E-state index in [0.29, 0.717) is 11.3 Å². The minimum Gasteiger partial charge on any atom is -0.507 e. The Morgan fingerprint density at radius 2 is 1.88 bits per heavy atom. The molecule has 0 aliphatic heterocycles. The third kappa shape index (κ3) is 4.42. The fourth-order valence-corrected chi connectivity index (χ4v) is 2.04. The summed E-state index contributed by atoms with van der Waals surface area (Å²) in [5.74, 6) is -1.66. The minimum atomic E-state index is -0.788. The Morgan fingerprint density at radius 3 is 2.58 bits per heavy atom. The van der Waals surface area contributed by atoms with Crippen molar-refractivity contribution in [2.24, 2.45) is 0 Å². The smallest absolute Gasteiger partial charge is 0.342 e. The van der Waals surface area contributed by atoms with Crippen molar-refractivity contribution in [3.8, 4) is 5.75 Å². The predicted molar refractivity (Wildman–Crippen MR) is 88.2 cm³/mol. The molecule has 0 fully saturated rings. The van der Waals surface area contributed by atoms with Gasteiger partial charge in [0.25, 0.3) is 5.91 Å². The number of anilines is 1. The fourth-order valence-electron chi connectivity index (χ4n) is 2.04. The molecule has 124 valence electrons. The number of hydrogen-bond donors (Lipinski definition) is 2. The highest BCUT2D eigenvalue weighted by atomic mass is 16.5. The normalized spacial score (nSPS) is 10.1. The van der Waals surface area contributed by atoms with Gasteiger partial charge in [-0.25, -0.2) is 4.79 Å². The van der Waals surface area contributed by atoms with Crippen molar-refractivity contribution in [3.63, 3.8) is 0 Å². The van der Waals surface area contributed by atoms with E-state index in [-0.39, 0.29) is 17.1 Å². The molecule has 0 saturated heterocycles. The summed E-state index contributed by atoms with van der Waals surface area (Å²) in [6, 6.07) is 11.0. The summed E-state index contributed by atoms with van der Waals surface area (Å²) in [5.41, 5.74) is 1.68. The number of ether oxygens (including phenoxy) is 1. The number of hydrogen-bond acceptors (Lipinski definition) is 5. The van der Waals surface area contributed by atoms with Crippen molar-refractivity contribution >= 4 is 23.3 Å². The van der Waals surface area contributed by atoms with Crippen LogP contribution < -0.4 is 5.32 Å². The molecule has 0 bridgehead atoms. The van der Waals surface area contributed by atoms with Gasteiger partial charge in [0.1, 0.15) is 11.3 Å². The summed E-state index contributed by atoms with van der Waals surface area (Å²) >= 11 is 0. The molecule has 0 aromatic heterocycles. The van der Waals surface area contributed by atoms with Crippen molar-refractivity contribution in [1.82, 2.24) is 0 Å². The highest BCUT2D eigenvalue weighted by Crippen LogP contribution is 2.19. The van der Waals surface area contributed by atoms with Gasteiger partial charge in [-0.05, 0) is 38.1 Å². The molecule has 6 nitrogen and oxygen atoms in total. The molecule has 24 heavy (non-hydrogen) atoms. The number of rotatable bonds is 5. The van der Waals surface area contributed by atoms with Crippen molar-refractivity contribution in [2.75, 3.05) is 11.9 Å². The standard InChI is InChI=1S/C18H17NO5/c1-11-6-7-16(21)15(8-11)18(23)24-10-17(22)19-14-5-3-4-13(9-14)12(2)20/h3-9,21H,10H2,1-2H3,(H,19,22). The van der Waals surface area contributed by atoms with E-state index in [1.165, 1.54) is 25.1 Å². The number of Topliss-reactive ketones (excluding diaryl/α,β-unsaturated/α-hetero) is 1. The van der Waals surface area contributed by atoms with Crippen LogP contribution in [0.15, 0.2) is 42.5 Å². The van der Waals surface area contributed by atoms with E-state index in [1.807, 2.05) is 0 Å². The van der Waals surface area contributed by atoms with E-state index < -0.39 is 18.5 Å². The van der Waals surface area contributed by atoms with Gasteiger partial charge in [-0.2, -0.15) is 0 Å². The summed E-state index contributed by atoms with van der Waals surface area (Å²) in [4.78, 5) is 35.1. The lowest BCUT2D eigenvalue weighted by molar-refractivity contribution is -0.119. The second-order valence-electron chi connectivity index (χ2n) is 5.28. The summed E-state index contributed by atoms with van der Waals surface area (Å²) in [7, 11) is 0. The first-order chi connectivity index (χ1) is 11.4. The number of carbonyl (C=O) groups excluding carboxylic acids is 3. The molecule has 0 heterocycles. The third-order valence-corrected chi connectivity index (χ3v) is 3.26. The maximum atomic E-state index is 11.9. The number of carbonyl (C=O) groups is 3. The SMILES string of the molecule is CC(=O)c1cccc(NC(=O)COC(=O)c2cc(C)ccc2O)c1. The number of benzene rings is 2. The van der Waals surface area contributed by atoms with E-state index in [1.54, 1.807) is 31.2 Å². The van der Waals surface area contributed by atoms with Gasteiger partial charge >= 0.3 is 5.97 Å². The molecule has 0 unspecified atom stereocenters. The number of amides is 1. The van der Waals surface area contributed by atoms with Gasteiger partial charge in [0.15, 0.2) is 12.4 Å². The predicted octanol–water partition coefficient (Wildman–Crippen LogP) is 2.70.